The van der Waals surface area contributed by atoms with Gasteiger partial charge in [0.1, 0.15) is 5.69 Å². The van der Waals surface area contributed by atoms with E-state index in [4.69, 9.17) is 5.73 Å². The molecule has 1 aliphatic heterocycles. The summed E-state index contributed by atoms with van der Waals surface area (Å²) >= 11 is 1.51. The summed E-state index contributed by atoms with van der Waals surface area (Å²) in [6.07, 6.45) is 4.66. The van der Waals surface area contributed by atoms with Crippen LogP contribution in [0.2, 0.25) is 0 Å². The number of aryl methyl sites for hydroxylation is 1. The van der Waals surface area contributed by atoms with Crippen LogP contribution in [0.5, 0.6) is 0 Å². The molecule has 0 aliphatic carbocycles. The quantitative estimate of drug-likeness (QED) is 0.942. The first-order valence-electron chi connectivity index (χ1n) is 7.07. The van der Waals surface area contributed by atoms with Crippen LogP contribution >= 0.6 is 11.3 Å². The summed E-state index contributed by atoms with van der Waals surface area (Å²) in [5.74, 6) is 0.703. The molecule has 0 bridgehead atoms. The Labute approximate surface area is 123 Å². The Hall–Kier alpha value is -1.40. The molecule has 2 aromatic heterocycles. The predicted octanol–water partition coefficient (Wildman–Crippen LogP) is 2.24. The van der Waals surface area contributed by atoms with Crippen LogP contribution in [0.3, 0.4) is 0 Å². The van der Waals surface area contributed by atoms with Gasteiger partial charge in [0.25, 0.3) is 0 Å². The molecule has 20 heavy (non-hydrogen) atoms. The minimum atomic E-state index is 0.612. The van der Waals surface area contributed by atoms with E-state index in [0.717, 1.165) is 22.8 Å². The molecule has 0 saturated carbocycles. The fraction of sp³-hybridized carbons (Fsp3) is 0.571. The Morgan fingerprint density at radius 1 is 1.50 bits per heavy atom. The average Bonchev–Trinajstić information content (AvgIpc) is 2.96. The summed E-state index contributed by atoms with van der Waals surface area (Å²) in [6.45, 7) is 5.37. The Bertz CT molecular complexity index is 588. The van der Waals surface area contributed by atoms with E-state index in [1.54, 1.807) is 0 Å². The van der Waals surface area contributed by atoms with Gasteiger partial charge in [-0.3, -0.25) is 4.68 Å². The maximum Gasteiger partial charge on any atom is 0.180 e. The van der Waals surface area contributed by atoms with Crippen LogP contribution in [0, 0.1) is 12.8 Å². The maximum absolute atomic E-state index is 5.76. The van der Waals surface area contributed by atoms with Crippen molar-refractivity contribution < 1.29 is 0 Å². The van der Waals surface area contributed by atoms with E-state index in [1.807, 2.05) is 6.92 Å². The fourth-order valence-corrected chi connectivity index (χ4v) is 3.72. The molecule has 0 aromatic carbocycles. The number of aromatic nitrogens is 3. The molecule has 0 amide bonds. The van der Waals surface area contributed by atoms with Crippen molar-refractivity contribution in [2.24, 2.45) is 5.92 Å². The van der Waals surface area contributed by atoms with Crippen molar-refractivity contribution in [3.8, 4) is 10.6 Å². The van der Waals surface area contributed by atoms with Crippen molar-refractivity contribution >= 4 is 16.5 Å². The number of nitrogens with two attached hydrogens (primary N) is 1. The lowest BCUT2D eigenvalue weighted by Crippen LogP contribution is -2.34. The first-order chi connectivity index (χ1) is 9.61. The first kappa shape index (κ1) is 13.6. The number of hydrogen-bond acceptors (Lipinski definition) is 5. The number of nitrogens with zero attached hydrogens (tertiary/aromatic N) is 4. The molecule has 3 heterocycles. The van der Waals surface area contributed by atoms with Gasteiger partial charge < -0.3 is 10.6 Å². The van der Waals surface area contributed by atoms with E-state index in [9.17, 15) is 0 Å². The third-order valence-electron chi connectivity index (χ3n) is 3.85. The van der Waals surface area contributed by atoms with Crippen molar-refractivity contribution in [2.45, 2.75) is 26.3 Å². The SMILES string of the molecule is Cc1nc(N)sc1-c1ccn(C[C@@H]2CCCN(C)C2)n1. The lowest BCUT2D eigenvalue weighted by molar-refractivity contribution is 0.191. The molecular weight excluding hydrogens is 270 g/mol. The Morgan fingerprint density at radius 2 is 2.35 bits per heavy atom. The topological polar surface area (TPSA) is 60.0 Å². The third-order valence-corrected chi connectivity index (χ3v) is 4.86. The second kappa shape index (κ2) is 5.54. The van der Waals surface area contributed by atoms with Gasteiger partial charge in [0.05, 0.1) is 10.6 Å². The molecule has 1 atom stereocenters. The zero-order valence-electron chi connectivity index (χ0n) is 12.0. The van der Waals surface area contributed by atoms with Crippen LogP contribution in [0.1, 0.15) is 18.5 Å². The van der Waals surface area contributed by atoms with E-state index < -0.39 is 0 Å². The highest BCUT2D eigenvalue weighted by Gasteiger charge is 2.18. The van der Waals surface area contributed by atoms with Crippen LogP contribution in [0.25, 0.3) is 10.6 Å². The van der Waals surface area contributed by atoms with Gasteiger partial charge >= 0.3 is 0 Å². The average molecular weight is 291 g/mol. The van der Waals surface area contributed by atoms with Gasteiger partial charge in [-0.05, 0) is 45.3 Å². The summed E-state index contributed by atoms with van der Waals surface area (Å²) in [7, 11) is 2.20. The molecular formula is C14H21N5S. The van der Waals surface area contributed by atoms with Crippen LogP contribution in [-0.4, -0.2) is 39.8 Å². The Kier molecular flexibility index (Phi) is 3.76. The Morgan fingerprint density at radius 3 is 3.05 bits per heavy atom. The number of thiazole rings is 1. The molecule has 1 fully saturated rings. The lowest BCUT2D eigenvalue weighted by Gasteiger charge is -2.29. The predicted molar refractivity (Wildman–Crippen MR) is 82.7 cm³/mol. The van der Waals surface area contributed by atoms with Crippen LogP contribution in [0.15, 0.2) is 12.3 Å². The first-order valence-corrected chi connectivity index (χ1v) is 7.89. The highest BCUT2D eigenvalue weighted by atomic mass is 32.1. The zero-order chi connectivity index (χ0) is 14.1. The van der Waals surface area contributed by atoms with Crippen molar-refractivity contribution in [3.05, 3.63) is 18.0 Å². The lowest BCUT2D eigenvalue weighted by atomic mass is 9.99. The van der Waals surface area contributed by atoms with Gasteiger partial charge in [0.2, 0.25) is 0 Å². The van der Waals surface area contributed by atoms with Crippen molar-refractivity contribution in [1.82, 2.24) is 19.7 Å². The third kappa shape index (κ3) is 2.86. The molecule has 0 unspecified atom stereocenters. The molecule has 3 rings (SSSR count). The molecule has 1 aliphatic rings. The monoisotopic (exact) mass is 291 g/mol. The highest BCUT2D eigenvalue weighted by molar-refractivity contribution is 7.18. The number of anilines is 1. The minimum Gasteiger partial charge on any atom is -0.375 e. The number of likely N-dealkylation sites (tertiary alicyclic amines) is 1. The summed E-state index contributed by atoms with van der Waals surface area (Å²) in [4.78, 5) is 7.76. The fourth-order valence-electron chi connectivity index (χ4n) is 2.93. The smallest absolute Gasteiger partial charge is 0.180 e. The standard InChI is InChI=1S/C14H21N5S/c1-10-13(20-14(15)16-10)12-5-7-19(17-12)9-11-4-3-6-18(2)8-11/h5,7,11H,3-4,6,8-9H2,1-2H3,(H2,15,16)/t11-/m1/s1. The minimum absolute atomic E-state index is 0.612. The van der Waals surface area contributed by atoms with Gasteiger partial charge in [-0.2, -0.15) is 5.10 Å². The summed E-state index contributed by atoms with van der Waals surface area (Å²) < 4.78 is 2.06. The molecule has 5 nitrogen and oxygen atoms in total. The normalized spacial score (nSPS) is 20.4. The summed E-state index contributed by atoms with van der Waals surface area (Å²) in [6, 6.07) is 2.06. The summed E-state index contributed by atoms with van der Waals surface area (Å²) in [5, 5.41) is 5.30. The molecule has 108 valence electrons. The van der Waals surface area contributed by atoms with Crippen LogP contribution in [0.4, 0.5) is 5.13 Å². The number of piperidine rings is 1. The largest absolute Gasteiger partial charge is 0.375 e. The molecule has 1 saturated heterocycles. The van der Waals surface area contributed by atoms with Crippen LogP contribution < -0.4 is 5.73 Å². The second-order valence-corrected chi connectivity index (χ2v) is 6.69. The van der Waals surface area contributed by atoms with Gasteiger partial charge in [-0.1, -0.05) is 11.3 Å². The molecule has 6 heteroatoms. The molecule has 2 aromatic rings. The highest BCUT2D eigenvalue weighted by Crippen LogP contribution is 2.30. The zero-order valence-corrected chi connectivity index (χ0v) is 12.9. The van der Waals surface area contributed by atoms with Gasteiger partial charge in [-0.25, -0.2) is 4.98 Å². The molecule has 2 N–H and O–H groups in total. The van der Waals surface area contributed by atoms with E-state index in [0.29, 0.717) is 11.0 Å². The van der Waals surface area contributed by atoms with Gasteiger partial charge in [0.15, 0.2) is 5.13 Å². The maximum atomic E-state index is 5.76. The van der Waals surface area contributed by atoms with E-state index in [2.05, 4.69) is 39.0 Å². The van der Waals surface area contributed by atoms with E-state index in [-0.39, 0.29) is 0 Å². The molecule has 0 radical (unpaired) electrons. The summed E-state index contributed by atoms with van der Waals surface area (Å²) in [5.41, 5.74) is 7.71. The van der Waals surface area contributed by atoms with E-state index >= 15 is 0 Å². The second-order valence-electron chi connectivity index (χ2n) is 5.66. The van der Waals surface area contributed by atoms with Gasteiger partial charge in [0, 0.05) is 19.3 Å². The van der Waals surface area contributed by atoms with Crippen molar-refractivity contribution in [1.29, 1.82) is 0 Å². The van der Waals surface area contributed by atoms with Crippen molar-refractivity contribution in [2.75, 3.05) is 25.9 Å². The molecule has 0 spiro atoms. The number of nitrogen functional groups attached to an aromatic ring is 1. The Balaban J connectivity index is 1.72. The van der Waals surface area contributed by atoms with Crippen LogP contribution in [-0.2, 0) is 6.54 Å². The number of hydrogen-bond donors (Lipinski definition) is 1. The number of rotatable bonds is 3. The van der Waals surface area contributed by atoms with E-state index in [1.165, 1.54) is 37.3 Å². The van der Waals surface area contributed by atoms with Crippen molar-refractivity contribution in [3.63, 3.8) is 0 Å². The van der Waals surface area contributed by atoms with Gasteiger partial charge in [-0.15, -0.1) is 0 Å².